The highest BCUT2D eigenvalue weighted by atomic mass is 16.6. The van der Waals surface area contributed by atoms with Crippen molar-refractivity contribution in [3.05, 3.63) is 0 Å². The zero-order valence-corrected chi connectivity index (χ0v) is 16.2. The van der Waals surface area contributed by atoms with E-state index >= 15 is 0 Å². The zero-order valence-electron chi connectivity index (χ0n) is 16.2. The van der Waals surface area contributed by atoms with E-state index in [4.69, 9.17) is 31.5 Å². The Morgan fingerprint density at radius 1 is 1.04 bits per heavy atom. The van der Waals surface area contributed by atoms with E-state index in [1.807, 2.05) is 0 Å². The molecule has 0 aliphatic carbocycles. The van der Waals surface area contributed by atoms with Crippen LogP contribution < -0.4 is 10.6 Å². The van der Waals surface area contributed by atoms with Crippen LogP contribution in [0.3, 0.4) is 0 Å². The first kappa shape index (κ1) is 22.0. The second kappa shape index (κ2) is 13.0. The molecule has 2 saturated heterocycles. The van der Waals surface area contributed by atoms with E-state index in [1.54, 1.807) is 14.2 Å². The van der Waals surface area contributed by atoms with Crippen molar-refractivity contribution in [2.75, 3.05) is 86.5 Å². The lowest BCUT2D eigenvalue weighted by molar-refractivity contribution is -0.0550. The first-order valence-electron chi connectivity index (χ1n) is 9.52. The monoisotopic (exact) mass is 371 g/mol. The highest BCUT2D eigenvalue weighted by Crippen LogP contribution is 2.24. The number of ether oxygens (including phenoxy) is 5. The molecule has 1 unspecified atom stereocenters. The van der Waals surface area contributed by atoms with Crippen molar-refractivity contribution >= 4 is 7.85 Å². The van der Waals surface area contributed by atoms with Crippen LogP contribution in [0.5, 0.6) is 0 Å². The summed E-state index contributed by atoms with van der Waals surface area (Å²) < 4.78 is 27.5. The van der Waals surface area contributed by atoms with Gasteiger partial charge < -0.3 is 34.3 Å². The minimum absolute atomic E-state index is 0.186. The predicted molar refractivity (Wildman–Crippen MR) is 99.8 cm³/mol. The lowest BCUT2D eigenvalue weighted by Gasteiger charge is -2.26. The van der Waals surface area contributed by atoms with Gasteiger partial charge in [0.2, 0.25) is 0 Å². The molecular formula is C17H34BN3O5. The Balaban J connectivity index is 1.45. The molecule has 0 saturated carbocycles. The summed E-state index contributed by atoms with van der Waals surface area (Å²) >= 11 is 0. The molecule has 0 aromatic rings. The Bertz CT molecular complexity index is 363. The normalized spacial score (nSPS) is 30.1. The second-order valence-electron chi connectivity index (χ2n) is 6.58. The molecule has 9 heteroatoms. The standard InChI is InChI=1S/C17H34BN3O5/c1-22-13-14-15(23-2)16(17(18)26-14)25-10-6-20-4-3-19-5-7-21-8-11-24-12-9-21/h14-17,19-20H,3-13H2,1-2H3/t14-,15?,16+,17-/m1/s1. The van der Waals surface area contributed by atoms with Crippen molar-refractivity contribution in [2.24, 2.45) is 0 Å². The molecule has 2 fully saturated rings. The molecule has 0 bridgehead atoms. The Hall–Kier alpha value is -0.255. The molecule has 26 heavy (non-hydrogen) atoms. The summed E-state index contributed by atoms with van der Waals surface area (Å²) in [5.41, 5.74) is 0. The maximum atomic E-state index is 6.00. The number of morpholine rings is 1. The maximum absolute atomic E-state index is 6.00. The lowest BCUT2D eigenvalue weighted by atomic mass is 9.93. The first-order valence-corrected chi connectivity index (χ1v) is 9.52. The molecule has 0 aromatic heterocycles. The van der Waals surface area contributed by atoms with Gasteiger partial charge in [-0.05, 0) is 0 Å². The molecule has 2 N–H and O–H groups in total. The number of hydrogen-bond donors (Lipinski definition) is 2. The van der Waals surface area contributed by atoms with Gasteiger partial charge in [0.1, 0.15) is 26.2 Å². The van der Waals surface area contributed by atoms with Crippen LogP contribution in [0, 0.1) is 0 Å². The highest BCUT2D eigenvalue weighted by Gasteiger charge is 2.42. The molecule has 2 heterocycles. The quantitative estimate of drug-likeness (QED) is 0.298. The van der Waals surface area contributed by atoms with Gasteiger partial charge in [-0.3, -0.25) is 4.90 Å². The van der Waals surface area contributed by atoms with Crippen LogP contribution >= 0.6 is 0 Å². The molecule has 2 aliphatic rings. The summed E-state index contributed by atoms with van der Waals surface area (Å²) in [6, 6.07) is -0.484. The number of hydrogen-bond acceptors (Lipinski definition) is 8. The van der Waals surface area contributed by atoms with Gasteiger partial charge in [-0.25, -0.2) is 0 Å². The van der Waals surface area contributed by atoms with Crippen LogP contribution in [0.4, 0.5) is 0 Å². The Morgan fingerprint density at radius 2 is 1.77 bits per heavy atom. The topological polar surface area (TPSA) is 73.5 Å². The Labute approximate surface area is 158 Å². The van der Waals surface area contributed by atoms with Crippen LogP contribution in [0.25, 0.3) is 0 Å². The summed E-state index contributed by atoms with van der Waals surface area (Å²) in [5.74, 6) is 0. The van der Waals surface area contributed by atoms with Crippen molar-refractivity contribution < 1.29 is 23.7 Å². The fourth-order valence-electron chi connectivity index (χ4n) is 3.29. The molecule has 0 amide bonds. The van der Waals surface area contributed by atoms with Gasteiger partial charge in [0.05, 0.1) is 26.4 Å². The van der Waals surface area contributed by atoms with Crippen LogP contribution in [-0.2, 0) is 23.7 Å². The SMILES string of the molecule is [B][C@@H]1O[C@H](COC)C(OC)[C@@H]1OCCNCCNCCN1CCOCC1. The third kappa shape index (κ3) is 7.40. The zero-order chi connectivity index (χ0) is 18.6. The largest absolute Gasteiger partial charge is 0.382 e. The van der Waals surface area contributed by atoms with Crippen molar-refractivity contribution in [3.8, 4) is 0 Å². The average Bonchev–Trinajstić information content (AvgIpc) is 2.96. The lowest BCUT2D eigenvalue weighted by Crippen LogP contribution is -2.41. The molecule has 8 nitrogen and oxygen atoms in total. The van der Waals surface area contributed by atoms with Gasteiger partial charge in [0.15, 0.2) is 0 Å². The smallest absolute Gasteiger partial charge is 0.113 e. The van der Waals surface area contributed by atoms with Crippen LogP contribution in [0.1, 0.15) is 0 Å². The third-order valence-electron chi connectivity index (χ3n) is 4.73. The van der Waals surface area contributed by atoms with Crippen molar-refractivity contribution in [1.82, 2.24) is 15.5 Å². The van der Waals surface area contributed by atoms with E-state index in [9.17, 15) is 0 Å². The Morgan fingerprint density at radius 3 is 2.46 bits per heavy atom. The second-order valence-corrected chi connectivity index (χ2v) is 6.58. The fourth-order valence-corrected chi connectivity index (χ4v) is 3.29. The molecule has 150 valence electrons. The summed E-state index contributed by atoms with van der Waals surface area (Å²) in [7, 11) is 9.28. The third-order valence-corrected chi connectivity index (χ3v) is 4.73. The molecule has 2 radical (unpaired) electrons. The fraction of sp³-hybridized carbons (Fsp3) is 1.00. The maximum Gasteiger partial charge on any atom is 0.113 e. The molecule has 2 rings (SSSR count). The molecule has 0 spiro atoms. The number of rotatable bonds is 13. The van der Waals surface area contributed by atoms with Gasteiger partial charge >= 0.3 is 0 Å². The minimum atomic E-state index is -0.484. The van der Waals surface area contributed by atoms with Gasteiger partial charge in [-0.15, -0.1) is 0 Å². The average molecular weight is 371 g/mol. The van der Waals surface area contributed by atoms with Crippen molar-refractivity contribution in [1.29, 1.82) is 0 Å². The number of nitrogens with one attached hydrogen (secondary N) is 2. The predicted octanol–water partition coefficient (Wildman–Crippen LogP) is -1.56. The highest BCUT2D eigenvalue weighted by molar-refractivity contribution is 6.11. The van der Waals surface area contributed by atoms with Crippen LogP contribution in [-0.4, -0.2) is 124 Å². The van der Waals surface area contributed by atoms with Crippen LogP contribution in [0.2, 0.25) is 0 Å². The van der Waals surface area contributed by atoms with Gasteiger partial charge in [-0.1, -0.05) is 0 Å². The summed E-state index contributed by atoms with van der Waals surface area (Å²) in [5, 5.41) is 6.81. The van der Waals surface area contributed by atoms with Crippen LogP contribution in [0.15, 0.2) is 0 Å². The first-order chi connectivity index (χ1) is 12.8. The Kier molecular flexibility index (Phi) is 11.0. The van der Waals surface area contributed by atoms with Crippen molar-refractivity contribution in [2.45, 2.75) is 24.3 Å². The van der Waals surface area contributed by atoms with E-state index in [0.29, 0.717) is 13.2 Å². The molecule has 0 aromatic carbocycles. The number of nitrogens with zero attached hydrogens (tertiary/aromatic N) is 1. The molecule has 2 aliphatic heterocycles. The molecular weight excluding hydrogens is 337 g/mol. The summed E-state index contributed by atoms with van der Waals surface area (Å²) in [6.45, 7) is 9.48. The van der Waals surface area contributed by atoms with E-state index in [1.165, 1.54) is 0 Å². The van der Waals surface area contributed by atoms with E-state index in [2.05, 4.69) is 15.5 Å². The van der Waals surface area contributed by atoms with Crippen molar-refractivity contribution in [3.63, 3.8) is 0 Å². The van der Waals surface area contributed by atoms with E-state index in [0.717, 1.165) is 59.0 Å². The van der Waals surface area contributed by atoms with Gasteiger partial charge in [0, 0.05) is 66.0 Å². The van der Waals surface area contributed by atoms with Gasteiger partial charge in [0.25, 0.3) is 0 Å². The number of methoxy groups -OCH3 is 2. The molecule has 4 atom stereocenters. The van der Waals surface area contributed by atoms with E-state index < -0.39 is 6.00 Å². The van der Waals surface area contributed by atoms with E-state index in [-0.39, 0.29) is 18.3 Å². The summed E-state index contributed by atoms with van der Waals surface area (Å²) in [6.07, 6.45) is -0.658. The van der Waals surface area contributed by atoms with Gasteiger partial charge in [-0.2, -0.15) is 0 Å². The summed E-state index contributed by atoms with van der Waals surface area (Å²) in [4.78, 5) is 2.42. The minimum Gasteiger partial charge on any atom is -0.382 e.